The number of nitrogens with zero attached hydrogens (tertiary/aromatic N) is 1. The van der Waals surface area contributed by atoms with Crippen LogP contribution in [0.4, 0.5) is 0 Å². The Morgan fingerprint density at radius 2 is 2.19 bits per heavy atom. The van der Waals surface area contributed by atoms with Crippen molar-refractivity contribution in [3.8, 4) is 5.75 Å². The van der Waals surface area contributed by atoms with Gasteiger partial charge < -0.3 is 10.1 Å². The predicted octanol–water partition coefficient (Wildman–Crippen LogP) is 2.24. The molecule has 0 bridgehead atoms. The van der Waals surface area contributed by atoms with Crippen molar-refractivity contribution in [3.05, 3.63) is 35.5 Å². The second-order valence-electron chi connectivity index (χ2n) is 3.87. The lowest BCUT2D eigenvalue weighted by Crippen LogP contribution is -2.50. The molecule has 1 N–H and O–H groups in total. The minimum Gasteiger partial charge on any atom is -0.487 e. The normalized spacial score (nSPS) is 16.1. The van der Waals surface area contributed by atoms with Gasteiger partial charge in [0, 0.05) is 29.7 Å². The van der Waals surface area contributed by atoms with Crippen molar-refractivity contribution in [1.29, 1.82) is 0 Å². The molecule has 1 aromatic carbocycles. The second-order valence-corrected chi connectivity index (χ2v) is 4.31. The van der Waals surface area contributed by atoms with Crippen LogP contribution in [0.1, 0.15) is 0 Å². The summed E-state index contributed by atoms with van der Waals surface area (Å²) in [5, 5.41) is 4.89. The van der Waals surface area contributed by atoms with Crippen molar-refractivity contribution in [2.75, 3.05) is 13.1 Å². The van der Waals surface area contributed by atoms with E-state index in [0.717, 1.165) is 29.7 Å². The first kappa shape index (κ1) is 9.87. The van der Waals surface area contributed by atoms with Crippen LogP contribution in [0, 0.1) is 0 Å². The Hall–Kier alpha value is -1.32. The summed E-state index contributed by atoms with van der Waals surface area (Å²) in [4.78, 5) is 4.27. The van der Waals surface area contributed by atoms with Crippen molar-refractivity contribution < 1.29 is 4.74 Å². The molecule has 0 aliphatic carbocycles. The molecule has 2 heterocycles. The van der Waals surface area contributed by atoms with E-state index >= 15 is 0 Å². The number of nitrogens with one attached hydrogen (secondary N) is 1. The van der Waals surface area contributed by atoms with E-state index in [2.05, 4.69) is 10.3 Å². The van der Waals surface area contributed by atoms with Gasteiger partial charge in [-0.05, 0) is 24.3 Å². The number of hydrogen-bond donors (Lipinski definition) is 1. The highest BCUT2D eigenvalue weighted by atomic mass is 35.5. The third-order valence-corrected chi connectivity index (χ3v) is 2.94. The Balaban J connectivity index is 2.02. The van der Waals surface area contributed by atoms with Crippen LogP contribution in [-0.2, 0) is 0 Å². The van der Waals surface area contributed by atoms with Crippen molar-refractivity contribution in [1.82, 2.24) is 10.3 Å². The maximum absolute atomic E-state index is 5.92. The van der Waals surface area contributed by atoms with Gasteiger partial charge in [-0.2, -0.15) is 0 Å². The van der Waals surface area contributed by atoms with E-state index in [4.69, 9.17) is 16.3 Å². The molecule has 3 nitrogen and oxygen atoms in total. The van der Waals surface area contributed by atoms with Gasteiger partial charge in [0.1, 0.15) is 11.9 Å². The third kappa shape index (κ3) is 1.72. The van der Waals surface area contributed by atoms with Crippen molar-refractivity contribution >= 4 is 22.5 Å². The number of hydrogen-bond acceptors (Lipinski definition) is 3. The molecule has 0 spiro atoms. The largest absolute Gasteiger partial charge is 0.487 e. The number of ether oxygens (including phenoxy) is 1. The highest BCUT2D eigenvalue weighted by Crippen LogP contribution is 2.27. The third-order valence-electron chi connectivity index (χ3n) is 2.70. The molecule has 1 aromatic heterocycles. The molecular formula is C12H11ClN2O. The Labute approximate surface area is 98.4 Å². The fourth-order valence-electron chi connectivity index (χ4n) is 1.72. The molecule has 2 aromatic rings. The highest BCUT2D eigenvalue weighted by molar-refractivity contribution is 6.31. The number of pyridine rings is 1. The van der Waals surface area contributed by atoms with Gasteiger partial charge in [-0.15, -0.1) is 0 Å². The SMILES string of the molecule is Clc1ccc2c(OC3CNC3)ccnc2c1. The lowest BCUT2D eigenvalue weighted by Gasteiger charge is -2.28. The fourth-order valence-corrected chi connectivity index (χ4v) is 1.89. The zero-order valence-corrected chi connectivity index (χ0v) is 9.37. The van der Waals surface area contributed by atoms with Crippen LogP contribution >= 0.6 is 11.6 Å². The summed E-state index contributed by atoms with van der Waals surface area (Å²) < 4.78 is 5.86. The zero-order valence-electron chi connectivity index (χ0n) is 8.61. The molecule has 16 heavy (non-hydrogen) atoms. The Bertz CT molecular complexity index is 525. The molecule has 0 saturated carbocycles. The maximum Gasteiger partial charge on any atom is 0.130 e. The highest BCUT2D eigenvalue weighted by Gasteiger charge is 2.19. The summed E-state index contributed by atoms with van der Waals surface area (Å²) in [5.41, 5.74) is 0.872. The molecule has 0 amide bonds. The average Bonchev–Trinajstić information content (AvgIpc) is 2.23. The van der Waals surface area contributed by atoms with E-state index in [-0.39, 0.29) is 6.10 Å². The fraction of sp³-hybridized carbons (Fsp3) is 0.250. The van der Waals surface area contributed by atoms with E-state index in [0.29, 0.717) is 5.02 Å². The maximum atomic E-state index is 5.92. The monoisotopic (exact) mass is 234 g/mol. The number of halogens is 1. The van der Waals surface area contributed by atoms with E-state index in [9.17, 15) is 0 Å². The summed E-state index contributed by atoms with van der Waals surface area (Å²) in [6.07, 6.45) is 2.03. The molecule has 4 heteroatoms. The van der Waals surface area contributed by atoms with Gasteiger partial charge >= 0.3 is 0 Å². The first-order valence-electron chi connectivity index (χ1n) is 5.24. The van der Waals surface area contributed by atoms with E-state index in [1.807, 2.05) is 24.3 Å². The molecule has 1 aliphatic rings. The first-order valence-corrected chi connectivity index (χ1v) is 5.62. The van der Waals surface area contributed by atoms with E-state index in [1.54, 1.807) is 6.20 Å². The minimum atomic E-state index is 0.279. The number of benzene rings is 1. The van der Waals surface area contributed by atoms with Crippen molar-refractivity contribution in [3.63, 3.8) is 0 Å². The number of rotatable bonds is 2. The van der Waals surface area contributed by atoms with Crippen LogP contribution in [0.15, 0.2) is 30.5 Å². The van der Waals surface area contributed by atoms with Gasteiger partial charge in [-0.25, -0.2) is 0 Å². The number of aromatic nitrogens is 1. The standard InChI is InChI=1S/C12H11ClN2O/c13-8-1-2-10-11(5-8)15-4-3-12(10)16-9-6-14-7-9/h1-5,9,14H,6-7H2. The second kappa shape index (κ2) is 3.92. The molecule has 0 radical (unpaired) electrons. The summed E-state index contributed by atoms with van der Waals surface area (Å²) in [5.74, 6) is 0.883. The topological polar surface area (TPSA) is 34.1 Å². The summed E-state index contributed by atoms with van der Waals surface area (Å²) in [6, 6.07) is 7.56. The van der Waals surface area contributed by atoms with E-state index in [1.165, 1.54) is 0 Å². The summed E-state index contributed by atoms with van der Waals surface area (Å²) in [6.45, 7) is 1.83. The Morgan fingerprint density at radius 1 is 1.31 bits per heavy atom. The van der Waals surface area contributed by atoms with E-state index < -0.39 is 0 Å². The van der Waals surface area contributed by atoms with Crippen LogP contribution < -0.4 is 10.1 Å². The number of fused-ring (bicyclic) bond motifs is 1. The summed E-state index contributed by atoms with van der Waals surface area (Å²) in [7, 11) is 0. The minimum absolute atomic E-state index is 0.279. The van der Waals surface area contributed by atoms with Crippen molar-refractivity contribution in [2.24, 2.45) is 0 Å². The van der Waals surface area contributed by atoms with Crippen LogP contribution in [0.3, 0.4) is 0 Å². The van der Waals surface area contributed by atoms with Crippen LogP contribution in [0.25, 0.3) is 10.9 Å². The van der Waals surface area contributed by atoms with Crippen LogP contribution in [-0.4, -0.2) is 24.2 Å². The molecule has 3 rings (SSSR count). The average molecular weight is 235 g/mol. The molecule has 1 saturated heterocycles. The molecule has 0 atom stereocenters. The lowest BCUT2D eigenvalue weighted by atomic mass is 10.2. The molecule has 0 unspecified atom stereocenters. The van der Waals surface area contributed by atoms with Crippen LogP contribution in [0.5, 0.6) is 5.75 Å². The van der Waals surface area contributed by atoms with Crippen molar-refractivity contribution in [2.45, 2.75) is 6.10 Å². The Morgan fingerprint density at radius 3 is 2.94 bits per heavy atom. The van der Waals surface area contributed by atoms with Gasteiger partial charge in [0.2, 0.25) is 0 Å². The molecule has 1 aliphatic heterocycles. The quantitative estimate of drug-likeness (QED) is 0.866. The van der Waals surface area contributed by atoms with Gasteiger partial charge in [0.15, 0.2) is 0 Å². The van der Waals surface area contributed by atoms with Gasteiger partial charge in [0.25, 0.3) is 0 Å². The first-order chi connectivity index (χ1) is 7.83. The Kier molecular flexibility index (Phi) is 2.42. The predicted molar refractivity (Wildman–Crippen MR) is 64.0 cm³/mol. The smallest absolute Gasteiger partial charge is 0.130 e. The molecular weight excluding hydrogens is 224 g/mol. The van der Waals surface area contributed by atoms with Gasteiger partial charge in [-0.1, -0.05) is 11.6 Å². The zero-order chi connectivity index (χ0) is 11.0. The van der Waals surface area contributed by atoms with Gasteiger partial charge in [-0.3, -0.25) is 4.98 Å². The summed E-state index contributed by atoms with van der Waals surface area (Å²) >= 11 is 5.92. The molecule has 82 valence electrons. The molecule has 1 fully saturated rings. The van der Waals surface area contributed by atoms with Crippen LogP contribution in [0.2, 0.25) is 5.02 Å². The van der Waals surface area contributed by atoms with Gasteiger partial charge in [0.05, 0.1) is 5.52 Å². The lowest BCUT2D eigenvalue weighted by molar-refractivity contribution is 0.144.